The van der Waals surface area contributed by atoms with Crippen LogP contribution >= 0.6 is 0 Å². The summed E-state index contributed by atoms with van der Waals surface area (Å²) in [5.74, 6) is -0.353. The lowest BCUT2D eigenvalue weighted by atomic mass is 10.1. The van der Waals surface area contributed by atoms with E-state index >= 15 is 0 Å². The maximum Gasteiger partial charge on any atom is 0.180 e. The molecular formula is C10H10N2O3. The molecule has 1 aromatic rings. The molecule has 0 heterocycles. The predicted molar refractivity (Wildman–Crippen MR) is 52.8 cm³/mol. The van der Waals surface area contributed by atoms with Crippen LogP contribution in [0.3, 0.4) is 0 Å². The first-order valence-electron chi connectivity index (χ1n) is 4.18. The molecule has 5 nitrogen and oxygen atoms in total. The molecule has 0 atom stereocenters. The molecule has 0 unspecified atom stereocenters. The van der Waals surface area contributed by atoms with E-state index in [0.29, 0.717) is 0 Å². The number of Topliss-reactive ketones (excluding diaryl/α,β-unsaturated/α-hetero) is 1. The van der Waals surface area contributed by atoms with Gasteiger partial charge in [0.2, 0.25) is 0 Å². The van der Waals surface area contributed by atoms with Crippen LogP contribution < -0.4 is 10.5 Å². The van der Waals surface area contributed by atoms with E-state index in [0.717, 1.165) is 0 Å². The number of ether oxygens (including phenoxy) is 1. The van der Waals surface area contributed by atoms with E-state index in [9.17, 15) is 9.90 Å². The summed E-state index contributed by atoms with van der Waals surface area (Å²) >= 11 is 0. The highest BCUT2D eigenvalue weighted by atomic mass is 16.5. The van der Waals surface area contributed by atoms with Crippen molar-refractivity contribution in [2.45, 2.75) is 0 Å². The number of nitrogens with zero attached hydrogens (tertiary/aromatic N) is 1. The minimum atomic E-state index is -0.344. The Morgan fingerprint density at radius 3 is 2.80 bits per heavy atom. The van der Waals surface area contributed by atoms with Crippen molar-refractivity contribution in [1.82, 2.24) is 0 Å². The highest BCUT2D eigenvalue weighted by Gasteiger charge is 2.14. The Bertz CT molecular complexity index is 435. The number of hydrogen-bond donors (Lipinski definition) is 2. The van der Waals surface area contributed by atoms with Crippen LogP contribution in [0.4, 0.5) is 0 Å². The smallest absolute Gasteiger partial charge is 0.180 e. The van der Waals surface area contributed by atoms with E-state index in [-0.39, 0.29) is 35.0 Å². The molecule has 3 N–H and O–H groups in total. The lowest BCUT2D eigenvalue weighted by molar-refractivity contribution is 0.0998. The second-order valence-electron chi connectivity index (χ2n) is 2.81. The fourth-order valence-corrected chi connectivity index (χ4v) is 1.16. The van der Waals surface area contributed by atoms with Gasteiger partial charge in [0.05, 0.1) is 24.8 Å². The highest BCUT2D eigenvalue weighted by Crippen LogP contribution is 2.27. The van der Waals surface area contributed by atoms with E-state index in [1.54, 1.807) is 6.07 Å². The van der Waals surface area contributed by atoms with Crippen molar-refractivity contribution in [3.8, 4) is 17.6 Å². The molecule has 15 heavy (non-hydrogen) atoms. The molecule has 0 aliphatic rings. The van der Waals surface area contributed by atoms with Crippen LogP contribution in [0.5, 0.6) is 11.5 Å². The van der Waals surface area contributed by atoms with Gasteiger partial charge in [0, 0.05) is 6.07 Å². The van der Waals surface area contributed by atoms with Crippen molar-refractivity contribution in [3.05, 3.63) is 23.3 Å². The lowest BCUT2D eigenvalue weighted by Crippen LogP contribution is -2.14. The number of carbonyl (C=O) groups is 1. The molecule has 1 aromatic carbocycles. The lowest BCUT2D eigenvalue weighted by Gasteiger charge is -2.07. The van der Waals surface area contributed by atoms with Gasteiger partial charge in [0.1, 0.15) is 17.6 Å². The number of phenolic OH excluding ortho intramolecular Hbond substituents is 1. The molecule has 5 heteroatoms. The summed E-state index contributed by atoms with van der Waals surface area (Å²) in [6.45, 7) is -0.175. The van der Waals surface area contributed by atoms with Gasteiger partial charge in [-0.2, -0.15) is 5.26 Å². The molecule has 0 amide bonds. The van der Waals surface area contributed by atoms with Crippen molar-refractivity contribution >= 4 is 5.78 Å². The Morgan fingerprint density at radius 2 is 2.33 bits per heavy atom. The Morgan fingerprint density at radius 1 is 1.67 bits per heavy atom. The molecule has 0 radical (unpaired) electrons. The summed E-state index contributed by atoms with van der Waals surface area (Å²) in [6, 6.07) is 4.26. The van der Waals surface area contributed by atoms with Crippen molar-refractivity contribution < 1.29 is 14.6 Å². The number of hydrogen-bond acceptors (Lipinski definition) is 5. The maximum atomic E-state index is 11.4. The molecule has 0 aromatic heterocycles. The zero-order valence-corrected chi connectivity index (χ0v) is 8.15. The van der Waals surface area contributed by atoms with Crippen molar-refractivity contribution in [3.63, 3.8) is 0 Å². The normalized spacial score (nSPS) is 9.40. The summed E-state index contributed by atoms with van der Waals surface area (Å²) in [4.78, 5) is 11.4. The average Bonchev–Trinajstić information content (AvgIpc) is 2.27. The van der Waals surface area contributed by atoms with Gasteiger partial charge in [-0.15, -0.1) is 0 Å². The highest BCUT2D eigenvalue weighted by molar-refractivity contribution is 6.00. The minimum Gasteiger partial charge on any atom is -0.506 e. The fourth-order valence-electron chi connectivity index (χ4n) is 1.16. The Kier molecular flexibility index (Phi) is 3.26. The third kappa shape index (κ3) is 2.06. The van der Waals surface area contributed by atoms with Gasteiger partial charge >= 0.3 is 0 Å². The van der Waals surface area contributed by atoms with Crippen LogP contribution in [-0.2, 0) is 0 Å². The summed E-state index contributed by atoms with van der Waals surface area (Å²) in [5, 5.41) is 18.0. The van der Waals surface area contributed by atoms with Gasteiger partial charge in [-0.1, -0.05) is 0 Å². The van der Waals surface area contributed by atoms with Gasteiger partial charge in [-0.25, -0.2) is 0 Å². The molecular weight excluding hydrogens is 196 g/mol. The molecule has 0 bridgehead atoms. The van der Waals surface area contributed by atoms with Gasteiger partial charge in [0.15, 0.2) is 5.78 Å². The molecule has 78 valence electrons. The standard InChI is InChI=1S/C10H10N2O3/c1-15-10-3-8(13)6(4-11)2-7(10)9(14)5-12/h2-3,13H,5,12H2,1H3. The van der Waals surface area contributed by atoms with E-state index in [1.165, 1.54) is 19.2 Å². The molecule has 0 aliphatic heterocycles. The zero-order chi connectivity index (χ0) is 11.4. The predicted octanol–water partition coefficient (Wildman–Crippen LogP) is 0.414. The Balaban J connectivity index is 3.36. The van der Waals surface area contributed by atoms with Crippen LogP contribution in [0.1, 0.15) is 15.9 Å². The minimum absolute atomic E-state index is 0.0209. The second-order valence-corrected chi connectivity index (χ2v) is 2.81. The van der Waals surface area contributed by atoms with Crippen LogP contribution in [0, 0.1) is 11.3 Å². The van der Waals surface area contributed by atoms with Crippen LogP contribution in [0.2, 0.25) is 0 Å². The third-order valence-corrected chi connectivity index (χ3v) is 1.92. The van der Waals surface area contributed by atoms with Crippen LogP contribution in [0.25, 0.3) is 0 Å². The van der Waals surface area contributed by atoms with Gasteiger partial charge < -0.3 is 15.6 Å². The van der Waals surface area contributed by atoms with Gasteiger partial charge in [-0.05, 0) is 6.07 Å². The third-order valence-electron chi connectivity index (χ3n) is 1.92. The maximum absolute atomic E-state index is 11.4. The number of carbonyl (C=O) groups excluding carboxylic acids is 1. The van der Waals surface area contributed by atoms with Crippen LogP contribution in [0.15, 0.2) is 12.1 Å². The first kappa shape index (κ1) is 11.0. The monoisotopic (exact) mass is 206 g/mol. The number of ketones is 1. The van der Waals surface area contributed by atoms with Crippen molar-refractivity contribution in [2.75, 3.05) is 13.7 Å². The summed E-state index contributed by atoms with van der Waals surface area (Å²) in [7, 11) is 1.37. The molecule has 0 aliphatic carbocycles. The first-order valence-corrected chi connectivity index (χ1v) is 4.18. The van der Waals surface area contributed by atoms with E-state index in [1.807, 2.05) is 0 Å². The fraction of sp³-hybridized carbons (Fsp3) is 0.200. The largest absolute Gasteiger partial charge is 0.506 e. The van der Waals surface area contributed by atoms with Gasteiger partial charge in [0.25, 0.3) is 0 Å². The average molecular weight is 206 g/mol. The quantitative estimate of drug-likeness (QED) is 0.698. The van der Waals surface area contributed by atoms with Gasteiger partial charge in [-0.3, -0.25) is 4.79 Å². The molecule has 0 spiro atoms. The van der Waals surface area contributed by atoms with Crippen molar-refractivity contribution in [1.29, 1.82) is 5.26 Å². The Hall–Kier alpha value is -2.06. The van der Waals surface area contributed by atoms with Crippen molar-refractivity contribution in [2.24, 2.45) is 5.73 Å². The number of methoxy groups -OCH3 is 1. The number of nitrogens with two attached hydrogens (primary N) is 1. The first-order chi connectivity index (χ1) is 7.13. The SMILES string of the molecule is COc1cc(O)c(C#N)cc1C(=O)CN. The molecule has 0 saturated heterocycles. The molecule has 0 fully saturated rings. The zero-order valence-electron chi connectivity index (χ0n) is 8.15. The summed E-state index contributed by atoms with van der Waals surface area (Å²) < 4.78 is 4.90. The van der Waals surface area contributed by atoms with E-state index < -0.39 is 0 Å². The number of benzene rings is 1. The Labute approximate surface area is 86.7 Å². The number of nitriles is 1. The molecule has 1 rings (SSSR count). The number of aromatic hydroxyl groups is 1. The van der Waals surface area contributed by atoms with E-state index in [4.69, 9.17) is 15.7 Å². The van der Waals surface area contributed by atoms with E-state index in [2.05, 4.69) is 0 Å². The second kappa shape index (κ2) is 4.44. The number of rotatable bonds is 3. The molecule has 0 saturated carbocycles. The summed E-state index contributed by atoms with van der Waals surface area (Å²) in [6.07, 6.45) is 0. The topological polar surface area (TPSA) is 96.3 Å². The van der Waals surface area contributed by atoms with Crippen LogP contribution in [-0.4, -0.2) is 24.5 Å². The number of phenols is 1. The summed E-state index contributed by atoms with van der Waals surface area (Å²) in [5.41, 5.74) is 5.43.